The zero-order chi connectivity index (χ0) is 14.7. The van der Waals surface area contributed by atoms with E-state index in [4.69, 9.17) is 0 Å². The van der Waals surface area contributed by atoms with E-state index in [1.807, 2.05) is 12.1 Å². The molecule has 1 aliphatic heterocycles. The van der Waals surface area contributed by atoms with Gasteiger partial charge in [-0.1, -0.05) is 29.8 Å². The molecule has 1 heterocycles. The van der Waals surface area contributed by atoms with E-state index in [-0.39, 0.29) is 6.04 Å². The van der Waals surface area contributed by atoms with Crippen LogP contribution in [-0.4, -0.2) is 53.2 Å². The number of hydrogen-bond donors (Lipinski definition) is 1. The number of piperazine rings is 1. The van der Waals surface area contributed by atoms with Crippen LogP contribution in [0.2, 0.25) is 0 Å². The SMILES string of the molecule is Cc1ccc(C(O)C(C)N2CCN(C(C)C)CC2)cc1. The average Bonchev–Trinajstić information content (AvgIpc) is 2.46. The van der Waals surface area contributed by atoms with Crippen molar-refractivity contribution in [3.05, 3.63) is 35.4 Å². The largest absolute Gasteiger partial charge is 0.387 e. The Kier molecular flexibility index (Phi) is 5.19. The summed E-state index contributed by atoms with van der Waals surface area (Å²) in [6.07, 6.45) is -0.402. The third kappa shape index (κ3) is 3.60. The number of aliphatic hydroxyl groups is 1. The van der Waals surface area contributed by atoms with Gasteiger partial charge in [-0.25, -0.2) is 0 Å². The van der Waals surface area contributed by atoms with E-state index >= 15 is 0 Å². The number of rotatable bonds is 4. The standard InChI is InChI=1S/C17H28N2O/c1-13(2)18-9-11-19(12-10-18)15(4)17(20)16-7-5-14(3)6-8-16/h5-8,13,15,17,20H,9-12H2,1-4H3. The molecule has 2 rings (SSSR count). The minimum Gasteiger partial charge on any atom is -0.387 e. The molecule has 0 saturated carbocycles. The van der Waals surface area contributed by atoms with Crippen molar-refractivity contribution in [2.45, 2.75) is 45.9 Å². The Labute approximate surface area is 123 Å². The summed E-state index contributed by atoms with van der Waals surface area (Å²) in [5.74, 6) is 0. The highest BCUT2D eigenvalue weighted by atomic mass is 16.3. The molecular formula is C17H28N2O. The molecule has 0 amide bonds. The Hall–Kier alpha value is -0.900. The Bertz CT molecular complexity index is 408. The molecule has 20 heavy (non-hydrogen) atoms. The van der Waals surface area contributed by atoms with Gasteiger partial charge in [0.15, 0.2) is 0 Å². The predicted octanol–water partition coefficient (Wildman–Crippen LogP) is 2.44. The van der Waals surface area contributed by atoms with Crippen molar-refractivity contribution < 1.29 is 5.11 Å². The molecule has 1 N–H and O–H groups in total. The third-order valence-corrected chi connectivity index (χ3v) is 4.53. The molecule has 1 aromatic carbocycles. The van der Waals surface area contributed by atoms with Crippen LogP contribution < -0.4 is 0 Å². The van der Waals surface area contributed by atoms with Gasteiger partial charge in [-0.2, -0.15) is 0 Å². The Morgan fingerprint density at radius 1 is 0.900 bits per heavy atom. The van der Waals surface area contributed by atoms with Gasteiger partial charge >= 0.3 is 0 Å². The molecule has 3 nitrogen and oxygen atoms in total. The number of aliphatic hydroxyl groups excluding tert-OH is 1. The van der Waals surface area contributed by atoms with E-state index in [1.165, 1.54) is 5.56 Å². The first kappa shape index (κ1) is 15.5. The zero-order valence-corrected chi connectivity index (χ0v) is 13.2. The highest BCUT2D eigenvalue weighted by molar-refractivity contribution is 5.24. The number of nitrogens with zero attached hydrogens (tertiary/aromatic N) is 2. The Balaban J connectivity index is 1.94. The van der Waals surface area contributed by atoms with Crippen LogP contribution in [-0.2, 0) is 0 Å². The van der Waals surface area contributed by atoms with E-state index in [0.29, 0.717) is 6.04 Å². The maximum atomic E-state index is 10.6. The van der Waals surface area contributed by atoms with Crippen molar-refractivity contribution >= 4 is 0 Å². The Morgan fingerprint density at radius 3 is 1.90 bits per heavy atom. The van der Waals surface area contributed by atoms with Crippen LogP contribution >= 0.6 is 0 Å². The van der Waals surface area contributed by atoms with Gasteiger partial charge in [0.25, 0.3) is 0 Å². The monoisotopic (exact) mass is 276 g/mol. The summed E-state index contributed by atoms with van der Waals surface area (Å²) < 4.78 is 0. The van der Waals surface area contributed by atoms with E-state index in [2.05, 4.69) is 49.6 Å². The van der Waals surface area contributed by atoms with Crippen LogP contribution in [0.3, 0.4) is 0 Å². The van der Waals surface area contributed by atoms with E-state index < -0.39 is 6.10 Å². The lowest BCUT2D eigenvalue weighted by Crippen LogP contribution is -2.52. The lowest BCUT2D eigenvalue weighted by molar-refractivity contribution is 0.0194. The summed E-state index contributed by atoms with van der Waals surface area (Å²) in [5.41, 5.74) is 2.26. The van der Waals surface area contributed by atoms with E-state index in [0.717, 1.165) is 31.7 Å². The average molecular weight is 276 g/mol. The zero-order valence-electron chi connectivity index (χ0n) is 13.2. The van der Waals surface area contributed by atoms with Crippen LogP contribution in [0, 0.1) is 6.92 Å². The lowest BCUT2D eigenvalue weighted by Gasteiger charge is -2.41. The molecule has 0 spiro atoms. The highest BCUT2D eigenvalue weighted by Crippen LogP contribution is 2.22. The van der Waals surface area contributed by atoms with Crippen molar-refractivity contribution in [2.75, 3.05) is 26.2 Å². The molecule has 1 fully saturated rings. The Morgan fingerprint density at radius 2 is 1.40 bits per heavy atom. The number of benzene rings is 1. The highest BCUT2D eigenvalue weighted by Gasteiger charge is 2.27. The van der Waals surface area contributed by atoms with Crippen molar-refractivity contribution in [3.63, 3.8) is 0 Å². The molecule has 0 aromatic heterocycles. The van der Waals surface area contributed by atoms with E-state index in [9.17, 15) is 5.11 Å². The van der Waals surface area contributed by atoms with Gasteiger partial charge in [0.1, 0.15) is 0 Å². The van der Waals surface area contributed by atoms with Gasteiger partial charge in [-0.05, 0) is 33.3 Å². The number of hydrogen-bond acceptors (Lipinski definition) is 3. The van der Waals surface area contributed by atoms with Gasteiger partial charge in [-0.3, -0.25) is 9.80 Å². The van der Waals surface area contributed by atoms with Crippen molar-refractivity contribution in [3.8, 4) is 0 Å². The summed E-state index contributed by atoms with van der Waals surface area (Å²) in [7, 11) is 0. The third-order valence-electron chi connectivity index (χ3n) is 4.53. The lowest BCUT2D eigenvalue weighted by atomic mass is 10.0. The maximum absolute atomic E-state index is 10.6. The fraction of sp³-hybridized carbons (Fsp3) is 0.647. The summed E-state index contributed by atoms with van der Waals surface area (Å²) in [6, 6.07) is 9.02. The molecule has 1 aliphatic rings. The fourth-order valence-corrected chi connectivity index (χ4v) is 2.90. The first-order valence-electron chi connectivity index (χ1n) is 7.71. The van der Waals surface area contributed by atoms with Gasteiger partial charge in [0.05, 0.1) is 6.10 Å². The molecule has 1 saturated heterocycles. The first-order chi connectivity index (χ1) is 9.49. The molecule has 2 atom stereocenters. The summed E-state index contributed by atoms with van der Waals surface area (Å²) in [4.78, 5) is 4.91. The van der Waals surface area contributed by atoms with Crippen LogP contribution in [0.25, 0.3) is 0 Å². The smallest absolute Gasteiger partial charge is 0.0942 e. The number of aryl methyl sites for hydroxylation is 1. The normalized spacial score (nSPS) is 21.1. The van der Waals surface area contributed by atoms with Crippen molar-refractivity contribution in [1.29, 1.82) is 0 Å². The minimum atomic E-state index is -0.402. The first-order valence-corrected chi connectivity index (χ1v) is 7.71. The minimum absolute atomic E-state index is 0.173. The fourth-order valence-electron chi connectivity index (χ4n) is 2.90. The van der Waals surface area contributed by atoms with Crippen LogP contribution in [0.4, 0.5) is 0 Å². The second-order valence-electron chi connectivity index (χ2n) is 6.26. The van der Waals surface area contributed by atoms with Gasteiger partial charge in [0, 0.05) is 38.3 Å². The summed E-state index contributed by atoms with van der Waals surface area (Å²) >= 11 is 0. The second kappa shape index (κ2) is 6.70. The molecule has 3 heteroatoms. The molecule has 0 bridgehead atoms. The van der Waals surface area contributed by atoms with E-state index in [1.54, 1.807) is 0 Å². The van der Waals surface area contributed by atoms with Gasteiger partial charge in [0.2, 0.25) is 0 Å². The predicted molar refractivity (Wildman–Crippen MR) is 83.9 cm³/mol. The molecule has 2 unspecified atom stereocenters. The molecule has 112 valence electrons. The molecule has 0 aliphatic carbocycles. The summed E-state index contributed by atoms with van der Waals surface area (Å²) in [6.45, 7) is 13.0. The quantitative estimate of drug-likeness (QED) is 0.915. The van der Waals surface area contributed by atoms with Gasteiger partial charge < -0.3 is 5.11 Å². The van der Waals surface area contributed by atoms with Crippen LogP contribution in [0.5, 0.6) is 0 Å². The molecule has 1 aromatic rings. The second-order valence-corrected chi connectivity index (χ2v) is 6.26. The van der Waals surface area contributed by atoms with Crippen molar-refractivity contribution in [2.24, 2.45) is 0 Å². The van der Waals surface area contributed by atoms with Crippen LogP contribution in [0.15, 0.2) is 24.3 Å². The van der Waals surface area contributed by atoms with Crippen molar-refractivity contribution in [1.82, 2.24) is 9.80 Å². The molecule has 0 radical (unpaired) electrons. The van der Waals surface area contributed by atoms with Gasteiger partial charge in [-0.15, -0.1) is 0 Å². The topological polar surface area (TPSA) is 26.7 Å². The molecular weight excluding hydrogens is 248 g/mol. The van der Waals surface area contributed by atoms with Crippen LogP contribution in [0.1, 0.15) is 38.0 Å². The summed E-state index contributed by atoms with van der Waals surface area (Å²) in [5, 5.41) is 10.6. The maximum Gasteiger partial charge on any atom is 0.0942 e.